The van der Waals surface area contributed by atoms with Crippen LogP contribution in [0.1, 0.15) is 23.1 Å². The van der Waals surface area contributed by atoms with Gasteiger partial charge in [0.2, 0.25) is 6.41 Å². The number of ether oxygens (including phenoxy) is 1. The number of benzene rings is 3. The van der Waals surface area contributed by atoms with E-state index in [-0.39, 0.29) is 17.5 Å². The van der Waals surface area contributed by atoms with Gasteiger partial charge in [0, 0.05) is 48.4 Å². The van der Waals surface area contributed by atoms with E-state index in [4.69, 9.17) is 16.3 Å². The summed E-state index contributed by atoms with van der Waals surface area (Å²) in [7, 11) is 0. The van der Waals surface area contributed by atoms with Crippen molar-refractivity contribution in [3.63, 3.8) is 0 Å². The molecule has 3 aromatic carbocycles. The summed E-state index contributed by atoms with van der Waals surface area (Å²) in [6, 6.07) is 20.3. The van der Waals surface area contributed by atoms with Crippen LogP contribution in [0.15, 0.2) is 78.9 Å². The number of nitrogens with one attached hydrogen (secondary N) is 2. The number of aliphatic hydroxyl groups is 1. The number of anilines is 1. The summed E-state index contributed by atoms with van der Waals surface area (Å²) in [6.07, 6.45) is -0.421. The SMILES string of the molecule is C=C1CNC[C@@H]2N(Cc3cc(O)cc(O)c3)c3ccc(Cl)cc3[C@]12CCNC(O)OCc1ccccc1. The van der Waals surface area contributed by atoms with Gasteiger partial charge in [-0.2, -0.15) is 0 Å². The maximum atomic E-state index is 10.4. The van der Waals surface area contributed by atoms with Crippen molar-refractivity contribution in [2.24, 2.45) is 0 Å². The maximum Gasteiger partial charge on any atom is 0.213 e. The van der Waals surface area contributed by atoms with E-state index in [0.717, 1.165) is 34.5 Å². The molecule has 3 atom stereocenters. The highest BCUT2D eigenvalue weighted by molar-refractivity contribution is 6.30. The molecule has 1 fully saturated rings. The van der Waals surface area contributed by atoms with E-state index in [1.54, 1.807) is 12.1 Å². The molecule has 3 aromatic rings. The first-order chi connectivity index (χ1) is 17.9. The number of fused-ring (bicyclic) bond motifs is 3. The summed E-state index contributed by atoms with van der Waals surface area (Å²) in [4.78, 5) is 2.29. The molecular formula is C29H32ClN3O4. The molecule has 2 heterocycles. The number of phenols is 2. The fraction of sp³-hybridized carbons (Fsp3) is 0.310. The molecule has 7 nitrogen and oxygen atoms in total. The average Bonchev–Trinajstić information content (AvgIpc) is 3.13. The Bertz CT molecular complexity index is 1250. The predicted octanol–water partition coefficient (Wildman–Crippen LogP) is 4.01. The van der Waals surface area contributed by atoms with E-state index in [1.807, 2.05) is 48.5 Å². The van der Waals surface area contributed by atoms with E-state index in [2.05, 4.69) is 22.1 Å². The van der Waals surface area contributed by atoms with Crippen LogP contribution in [-0.2, 0) is 23.3 Å². The van der Waals surface area contributed by atoms with Crippen molar-refractivity contribution >= 4 is 17.3 Å². The third-order valence-electron chi connectivity index (χ3n) is 7.40. The number of hydrogen-bond donors (Lipinski definition) is 5. The van der Waals surface area contributed by atoms with Gasteiger partial charge in [0.25, 0.3) is 0 Å². The molecule has 0 radical (unpaired) electrons. The lowest BCUT2D eigenvalue weighted by Crippen LogP contribution is -2.57. The molecule has 0 saturated carbocycles. The fourth-order valence-corrected chi connectivity index (χ4v) is 5.95. The highest BCUT2D eigenvalue weighted by atomic mass is 35.5. The van der Waals surface area contributed by atoms with Gasteiger partial charge in [-0.05, 0) is 53.4 Å². The standard InChI is InChI=1S/C29H32ClN3O4/c1-19-15-31-16-27-29(19,9-10-32-28(36)37-18-20-5-3-2-4-6-20)25-13-22(30)7-8-26(25)33(27)17-21-11-23(34)14-24(35)12-21/h2-8,11-14,27-28,31-32,34-36H,1,9-10,15-18H2/t27-,28?,29-/m0/s1. The fourth-order valence-electron chi connectivity index (χ4n) is 5.78. The Morgan fingerprint density at radius 2 is 1.84 bits per heavy atom. The Morgan fingerprint density at radius 1 is 1.08 bits per heavy atom. The first-order valence-electron chi connectivity index (χ1n) is 12.4. The van der Waals surface area contributed by atoms with Crippen LogP contribution < -0.4 is 15.5 Å². The highest BCUT2D eigenvalue weighted by Crippen LogP contribution is 2.53. The largest absolute Gasteiger partial charge is 0.508 e. The maximum absolute atomic E-state index is 10.4. The Morgan fingerprint density at radius 3 is 2.59 bits per heavy atom. The molecule has 1 saturated heterocycles. The van der Waals surface area contributed by atoms with Crippen LogP contribution >= 0.6 is 11.6 Å². The zero-order chi connectivity index (χ0) is 26.0. The van der Waals surface area contributed by atoms with E-state index >= 15 is 0 Å². The van der Waals surface area contributed by atoms with Crippen molar-refractivity contribution in [3.8, 4) is 11.5 Å². The Balaban J connectivity index is 1.38. The Hall–Kier alpha value is -3.07. The molecule has 0 spiro atoms. The van der Waals surface area contributed by atoms with Gasteiger partial charge < -0.3 is 30.3 Å². The summed E-state index contributed by atoms with van der Waals surface area (Å²) in [5.41, 5.74) is 4.58. The van der Waals surface area contributed by atoms with Crippen molar-refractivity contribution in [2.75, 3.05) is 24.5 Å². The molecule has 194 valence electrons. The zero-order valence-electron chi connectivity index (χ0n) is 20.5. The van der Waals surface area contributed by atoms with Crippen LogP contribution in [0.3, 0.4) is 0 Å². The van der Waals surface area contributed by atoms with Gasteiger partial charge in [0.15, 0.2) is 0 Å². The molecule has 37 heavy (non-hydrogen) atoms. The lowest BCUT2D eigenvalue weighted by Gasteiger charge is -2.45. The van der Waals surface area contributed by atoms with Gasteiger partial charge in [-0.25, -0.2) is 0 Å². The number of nitrogens with zero attached hydrogens (tertiary/aromatic N) is 1. The summed E-state index contributed by atoms with van der Waals surface area (Å²) < 4.78 is 5.60. The zero-order valence-corrected chi connectivity index (χ0v) is 21.3. The molecule has 2 aliphatic heterocycles. The normalized spacial score (nSPS) is 21.5. The predicted molar refractivity (Wildman–Crippen MR) is 145 cm³/mol. The number of phenolic OH excluding ortho intramolecular Hbond substituents is 2. The molecule has 2 aliphatic rings. The quantitative estimate of drug-likeness (QED) is 0.214. The monoisotopic (exact) mass is 521 g/mol. The van der Waals surface area contributed by atoms with Gasteiger partial charge in [0.1, 0.15) is 11.5 Å². The van der Waals surface area contributed by atoms with Crippen molar-refractivity contribution in [3.05, 3.63) is 101 Å². The number of piperidine rings is 1. The second kappa shape index (κ2) is 10.7. The van der Waals surface area contributed by atoms with Crippen LogP contribution in [0.25, 0.3) is 0 Å². The first-order valence-corrected chi connectivity index (χ1v) is 12.8. The van der Waals surface area contributed by atoms with Gasteiger partial charge in [-0.1, -0.05) is 54.1 Å². The number of hydrogen-bond acceptors (Lipinski definition) is 7. The van der Waals surface area contributed by atoms with Crippen LogP contribution in [0.2, 0.25) is 5.02 Å². The number of aromatic hydroxyl groups is 2. The minimum absolute atomic E-state index is 0.0240. The minimum Gasteiger partial charge on any atom is -0.508 e. The van der Waals surface area contributed by atoms with Crippen LogP contribution in [0.5, 0.6) is 11.5 Å². The smallest absolute Gasteiger partial charge is 0.213 e. The summed E-state index contributed by atoms with van der Waals surface area (Å²) in [6.45, 7) is 7.17. The molecule has 0 bridgehead atoms. The highest BCUT2D eigenvalue weighted by Gasteiger charge is 2.53. The van der Waals surface area contributed by atoms with Gasteiger partial charge in [0.05, 0.1) is 12.6 Å². The molecule has 8 heteroatoms. The lowest BCUT2D eigenvalue weighted by molar-refractivity contribution is -0.128. The van der Waals surface area contributed by atoms with E-state index in [0.29, 0.717) is 37.7 Å². The van der Waals surface area contributed by atoms with Crippen molar-refractivity contribution < 1.29 is 20.1 Å². The van der Waals surface area contributed by atoms with Gasteiger partial charge in [-0.3, -0.25) is 5.32 Å². The number of aliphatic hydroxyl groups excluding tert-OH is 1. The Kier molecular flexibility index (Phi) is 7.42. The van der Waals surface area contributed by atoms with Gasteiger partial charge >= 0.3 is 0 Å². The first kappa shape index (κ1) is 25.6. The van der Waals surface area contributed by atoms with Crippen molar-refractivity contribution in [1.82, 2.24) is 10.6 Å². The second-order valence-corrected chi connectivity index (χ2v) is 10.2. The molecule has 0 aromatic heterocycles. The topological polar surface area (TPSA) is 97.2 Å². The summed E-state index contributed by atoms with van der Waals surface area (Å²) in [5, 5.41) is 37.8. The minimum atomic E-state index is -1.10. The van der Waals surface area contributed by atoms with E-state index in [9.17, 15) is 15.3 Å². The number of rotatable bonds is 9. The van der Waals surface area contributed by atoms with E-state index < -0.39 is 11.8 Å². The molecule has 0 aliphatic carbocycles. The number of halogens is 1. The Labute approximate surface area is 222 Å². The molecule has 5 N–H and O–H groups in total. The lowest BCUT2D eigenvalue weighted by atomic mass is 9.67. The van der Waals surface area contributed by atoms with Crippen LogP contribution in [-0.4, -0.2) is 47.4 Å². The molecule has 0 amide bonds. The van der Waals surface area contributed by atoms with Gasteiger partial charge in [-0.15, -0.1) is 0 Å². The van der Waals surface area contributed by atoms with E-state index in [1.165, 1.54) is 6.07 Å². The average molecular weight is 522 g/mol. The molecule has 5 rings (SSSR count). The van der Waals surface area contributed by atoms with Crippen LogP contribution in [0, 0.1) is 0 Å². The van der Waals surface area contributed by atoms with Crippen molar-refractivity contribution in [1.29, 1.82) is 0 Å². The molecule has 1 unspecified atom stereocenters. The van der Waals surface area contributed by atoms with Crippen molar-refractivity contribution in [2.45, 2.75) is 37.4 Å². The molecular weight excluding hydrogens is 490 g/mol. The third kappa shape index (κ3) is 5.19. The third-order valence-corrected chi connectivity index (χ3v) is 7.64. The second-order valence-electron chi connectivity index (χ2n) is 9.72. The summed E-state index contributed by atoms with van der Waals surface area (Å²) >= 11 is 6.49. The summed E-state index contributed by atoms with van der Waals surface area (Å²) in [5.74, 6) is 0.0494. The van der Waals surface area contributed by atoms with Crippen LogP contribution in [0.4, 0.5) is 5.69 Å².